The number of methoxy groups -OCH3 is 1. The molecule has 1 aliphatic heterocycles. The summed E-state index contributed by atoms with van der Waals surface area (Å²) >= 11 is 0. The lowest BCUT2D eigenvalue weighted by atomic mass is 10.2. The maximum atomic E-state index is 12.6. The molecule has 2 aromatic rings. The Hall–Kier alpha value is -1.99. The first-order chi connectivity index (χ1) is 11.1. The van der Waals surface area contributed by atoms with Gasteiger partial charge in [0.1, 0.15) is 5.75 Å². The lowest BCUT2D eigenvalue weighted by molar-refractivity contribution is 0.391. The standard InChI is InChI=1S/C16H20N2O4S/c1-21-15-7-3-2-6-14(15)17-9-5-10-18(12-11-17)23(19,20)16-8-4-13-22-16/h2-4,6-8,13H,5,9-12H2,1H3. The molecule has 6 nitrogen and oxygen atoms in total. The highest BCUT2D eigenvalue weighted by atomic mass is 32.2. The van der Waals surface area contributed by atoms with Crippen LogP contribution in [0.15, 0.2) is 52.2 Å². The summed E-state index contributed by atoms with van der Waals surface area (Å²) in [6, 6.07) is 10.9. The summed E-state index contributed by atoms with van der Waals surface area (Å²) in [5.74, 6) is 0.801. The van der Waals surface area contributed by atoms with Crippen molar-refractivity contribution >= 4 is 15.7 Å². The summed E-state index contributed by atoms with van der Waals surface area (Å²) in [7, 11) is -1.91. The predicted octanol–water partition coefficient (Wildman–Crippen LogP) is 2.19. The Balaban J connectivity index is 1.78. The summed E-state index contributed by atoms with van der Waals surface area (Å²) in [6.07, 6.45) is 2.13. The number of anilines is 1. The third-order valence-electron chi connectivity index (χ3n) is 3.97. The van der Waals surface area contributed by atoms with Crippen molar-refractivity contribution < 1.29 is 17.6 Å². The van der Waals surface area contributed by atoms with E-state index in [0.29, 0.717) is 19.6 Å². The van der Waals surface area contributed by atoms with Crippen molar-refractivity contribution in [2.75, 3.05) is 38.2 Å². The van der Waals surface area contributed by atoms with Crippen LogP contribution in [0.25, 0.3) is 0 Å². The number of nitrogens with zero attached hydrogens (tertiary/aromatic N) is 2. The molecule has 0 bridgehead atoms. The van der Waals surface area contributed by atoms with Crippen LogP contribution in [0.4, 0.5) is 5.69 Å². The molecule has 0 radical (unpaired) electrons. The van der Waals surface area contributed by atoms with Gasteiger partial charge in [-0.05, 0) is 30.7 Å². The van der Waals surface area contributed by atoms with E-state index < -0.39 is 10.0 Å². The lowest BCUT2D eigenvalue weighted by Gasteiger charge is -2.24. The Morgan fingerprint density at radius 1 is 1.04 bits per heavy atom. The third-order valence-corrected chi connectivity index (χ3v) is 5.76. The van der Waals surface area contributed by atoms with Gasteiger partial charge in [0, 0.05) is 26.2 Å². The molecule has 1 aliphatic rings. The summed E-state index contributed by atoms with van der Waals surface area (Å²) in [6.45, 7) is 2.29. The van der Waals surface area contributed by atoms with Gasteiger partial charge in [0.15, 0.2) is 0 Å². The van der Waals surface area contributed by atoms with E-state index in [2.05, 4.69) is 4.90 Å². The first kappa shape index (κ1) is 15.9. The second kappa shape index (κ2) is 6.64. The largest absolute Gasteiger partial charge is 0.495 e. The molecule has 1 aromatic carbocycles. The van der Waals surface area contributed by atoms with E-state index in [-0.39, 0.29) is 5.09 Å². The monoisotopic (exact) mass is 336 g/mol. The van der Waals surface area contributed by atoms with Crippen molar-refractivity contribution in [2.45, 2.75) is 11.5 Å². The van der Waals surface area contributed by atoms with Crippen molar-refractivity contribution in [3.8, 4) is 5.75 Å². The molecule has 124 valence electrons. The van der Waals surface area contributed by atoms with Gasteiger partial charge in [-0.2, -0.15) is 4.31 Å². The minimum absolute atomic E-state index is 0.00300. The van der Waals surface area contributed by atoms with Crippen LogP contribution in [-0.4, -0.2) is 46.0 Å². The number of rotatable bonds is 4. The average Bonchev–Trinajstić information content (AvgIpc) is 3.00. The van der Waals surface area contributed by atoms with Crippen LogP contribution in [0.1, 0.15) is 6.42 Å². The molecule has 1 aromatic heterocycles. The highest BCUT2D eigenvalue weighted by Gasteiger charge is 2.29. The first-order valence-corrected chi connectivity index (χ1v) is 8.98. The van der Waals surface area contributed by atoms with E-state index in [9.17, 15) is 8.42 Å². The molecule has 0 spiro atoms. The summed E-state index contributed by atoms with van der Waals surface area (Å²) in [5, 5.41) is 0.00300. The van der Waals surface area contributed by atoms with E-state index >= 15 is 0 Å². The minimum atomic E-state index is -3.55. The van der Waals surface area contributed by atoms with Gasteiger partial charge in [-0.3, -0.25) is 0 Å². The van der Waals surface area contributed by atoms with E-state index in [1.54, 1.807) is 13.2 Å². The van der Waals surface area contributed by atoms with Crippen molar-refractivity contribution in [3.05, 3.63) is 42.7 Å². The fraction of sp³-hybridized carbons (Fsp3) is 0.375. The number of hydrogen-bond acceptors (Lipinski definition) is 5. The van der Waals surface area contributed by atoms with Gasteiger partial charge >= 0.3 is 0 Å². The second-order valence-electron chi connectivity index (χ2n) is 5.35. The zero-order valence-corrected chi connectivity index (χ0v) is 13.8. The normalized spacial score (nSPS) is 17.0. The van der Waals surface area contributed by atoms with E-state index in [1.165, 1.54) is 16.6 Å². The van der Waals surface area contributed by atoms with Crippen molar-refractivity contribution in [2.24, 2.45) is 0 Å². The topological polar surface area (TPSA) is 63.0 Å². The Labute approximate surface area is 136 Å². The van der Waals surface area contributed by atoms with Crippen LogP contribution in [-0.2, 0) is 10.0 Å². The van der Waals surface area contributed by atoms with Gasteiger partial charge in [-0.1, -0.05) is 12.1 Å². The molecular formula is C16H20N2O4S. The molecular weight excluding hydrogens is 316 g/mol. The molecule has 0 unspecified atom stereocenters. The molecule has 0 amide bonds. The number of hydrogen-bond donors (Lipinski definition) is 0. The summed E-state index contributed by atoms with van der Waals surface area (Å²) in [4.78, 5) is 2.16. The van der Waals surface area contributed by atoms with Crippen LogP contribution in [0.5, 0.6) is 5.75 Å². The van der Waals surface area contributed by atoms with Crippen LogP contribution < -0.4 is 9.64 Å². The number of para-hydroxylation sites is 2. The summed E-state index contributed by atoms with van der Waals surface area (Å²) < 4.78 is 37.1. The Bertz CT molecular complexity index is 743. The molecule has 0 saturated carbocycles. The van der Waals surface area contributed by atoms with Crippen molar-refractivity contribution in [1.29, 1.82) is 0 Å². The fourth-order valence-corrected chi connectivity index (χ4v) is 4.18. The summed E-state index contributed by atoms with van der Waals surface area (Å²) in [5.41, 5.74) is 0.993. The van der Waals surface area contributed by atoms with Gasteiger partial charge in [0.2, 0.25) is 5.09 Å². The molecule has 2 heterocycles. The molecule has 3 rings (SSSR count). The minimum Gasteiger partial charge on any atom is -0.495 e. The highest BCUT2D eigenvalue weighted by Crippen LogP contribution is 2.29. The van der Waals surface area contributed by atoms with Gasteiger partial charge < -0.3 is 14.1 Å². The van der Waals surface area contributed by atoms with Crippen molar-refractivity contribution in [3.63, 3.8) is 0 Å². The van der Waals surface area contributed by atoms with Crippen LogP contribution in [0.3, 0.4) is 0 Å². The van der Waals surface area contributed by atoms with E-state index in [4.69, 9.17) is 9.15 Å². The van der Waals surface area contributed by atoms with Crippen LogP contribution in [0.2, 0.25) is 0 Å². The van der Waals surface area contributed by atoms with Gasteiger partial charge in [-0.25, -0.2) is 8.42 Å². The van der Waals surface area contributed by atoms with Gasteiger partial charge in [0.05, 0.1) is 19.1 Å². The molecule has 23 heavy (non-hydrogen) atoms. The van der Waals surface area contributed by atoms with Gasteiger partial charge in [-0.15, -0.1) is 0 Å². The Morgan fingerprint density at radius 2 is 1.87 bits per heavy atom. The van der Waals surface area contributed by atoms with Crippen LogP contribution >= 0.6 is 0 Å². The second-order valence-corrected chi connectivity index (χ2v) is 7.22. The number of furan rings is 1. The van der Waals surface area contributed by atoms with E-state index in [1.807, 2.05) is 24.3 Å². The number of benzene rings is 1. The molecule has 7 heteroatoms. The third kappa shape index (κ3) is 3.20. The zero-order chi connectivity index (χ0) is 16.3. The Morgan fingerprint density at radius 3 is 2.61 bits per heavy atom. The van der Waals surface area contributed by atoms with Gasteiger partial charge in [0.25, 0.3) is 10.0 Å². The molecule has 1 fully saturated rings. The molecule has 1 saturated heterocycles. The predicted molar refractivity (Wildman–Crippen MR) is 87.3 cm³/mol. The quantitative estimate of drug-likeness (QED) is 0.856. The molecule has 0 aliphatic carbocycles. The number of ether oxygens (including phenoxy) is 1. The number of sulfonamides is 1. The van der Waals surface area contributed by atoms with Crippen LogP contribution in [0, 0.1) is 0 Å². The van der Waals surface area contributed by atoms with E-state index in [0.717, 1.165) is 24.4 Å². The smallest absolute Gasteiger partial charge is 0.276 e. The Kier molecular flexibility index (Phi) is 4.58. The maximum absolute atomic E-state index is 12.6. The molecule has 0 atom stereocenters. The SMILES string of the molecule is COc1ccccc1N1CCCN(S(=O)(=O)c2ccco2)CC1. The zero-order valence-electron chi connectivity index (χ0n) is 13.0. The fourth-order valence-electron chi connectivity index (χ4n) is 2.80. The average molecular weight is 336 g/mol. The lowest BCUT2D eigenvalue weighted by Crippen LogP contribution is -2.35. The highest BCUT2D eigenvalue weighted by molar-refractivity contribution is 7.89. The molecule has 0 N–H and O–H groups in total. The maximum Gasteiger partial charge on any atom is 0.276 e. The first-order valence-electron chi connectivity index (χ1n) is 7.54. The van der Waals surface area contributed by atoms with Crippen molar-refractivity contribution in [1.82, 2.24) is 4.31 Å².